The number of fused-ring (bicyclic) bond motifs is 1. The van der Waals surface area contributed by atoms with Crippen LogP contribution in [0.5, 0.6) is 0 Å². The minimum absolute atomic E-state index is 0.303. The van der Waals surface area contributed by atoms with Gasteiger partial charge < -0.3 is 5.73 Å². The van der Waals surface area contributed by atoms with Crippen molar-refractivity contribution in [1.82, 2.24) is 9.78 Å². The monoisotopic (exact) mass is 227 g/mol. The van der Waals surface area contributed by atoms with Crippen LogP contribution in [-0.2, 0) is 12.8 Å². The lowest BCUT2D eigenvalue weighted by atomic mass is 9.94. The molecule has 0 spiro atoms. The molecule has 0 saturated heterocycles. The van der Waals surface area contributed by atoms with Crippen molar-refractivity contribution >= 4 is 0 Å². The third-order valence-electron chi connectivity index (χ3n) is 3.44. The number of hydrogen-bond donors (Lipinski definition) is 1. The molecule has 3 rings (SSSR count). The van der Waals surface area contributed by atoms with Crippen LogP contribution in [0.15, 0.2) is 30.5 Å². The van der Waals surface area contributed by atoms with Crippen molar-refractivity contribution in [2.45, 2.75) is 32.2 Å². The molecule has 88 valence electrons. The number of nitrogens with zero attached hydrogens (tertiary/aromatic N) is 2. The van der Waals surface area contributed by atoms with Gasteiger partial charge in [-0.05, 0) is 49.4 Å². The lowest BCUT2D eigenvalue weighted by Crippen LogP contribution is -2.28. The second kappa shape index (κ2) is 4.00. The van der Waals surface area contributed by atoms with E-state index in [0.717, 1.165) is 24.9 Å². The van der Waals surface area contributed by atoms with Crippen LogP contribution < -0.4 is 5.73 Å². The van der Waals surface area contributed by atoms with E-state index in [9.17, 15) is 0 Å². The van der Waals surface area contributed by atoms with Crippen molar-refractivity contribution in [3.63, 3.8) is 0 Å². The largest absolute Gasteiger partial charge is 0.327 e. The van der Waals surface area contributed by atoms with E-state index in [1.807, 2.05) is 6.20 Å². The SMILES string of the molecule is Cc1cccc(-n2ncc3c2CCC(N)C3)c1. The Morgan fingerprint density at radius 1 is 1.41 bits per heavy atom. The molecular formula is C14H17N3. The third-order valence-corrected chi connectivity index (χ3v) is 3.44. The molecule has 1 unspecified atom stereocenters. The molecule has 1 atom stereocenters. The van der Waals surface area contributed by atoms with E-state index in [4.69, 9.17) is 5.73 Å². The summed E-state index contributed by atoms with van der Waals surface area (Å²) in [4.78, 5) is 0. The number of benzene rings is 1. The Morgan fingerprint density at radius 3 is 3.12 bits per heavy atom. The number of rotatable bonds is 1. The maximum absolute atomic E-state index is 5.98. The average Bonchev–Trinajstić information content (AvgIpc) is 2.71. The van der Waals surface area contributed by atoms with Gasteiger partial charge in [0.25, 0.3) is 0 Å². The molecule has 0 fully saturated rings. The summed E-state index contributed by atoms with van der Waals surface area (Å²) >= 11 is 0. The summed E-state index contributed by atoms with van der Waals surface area (Å²) in [7, 11) is 0. The molecule has 1 aromatic carbocycles. The number of aryl methyl sites for hydroxylation is 1. The highest BCUT2D eigenvalue weighted by Gasteiger charge is 2.20. The number of nitrogens with two attached hydrogens (primary N) is 1. The van der Waals surface area contributed by atoms with Gasteiger partial charge in [-0.15, -0.1) is 0 Å². The van der Waals surface area contributed by atoms with E-state index < -0.39 is 0 Å². The first-order chi connectivity index (χ1) is 8.24. The van der Waals surface area contributed by atoms with Gasteiger partial charge in [-0.25, -0.2) is 4.68 Å². The van der Waals surface area contributed by atoms with E-state index >= 15 is 0 Å². The van der Waals surface area contributed by atoms with E-state index in [0.29, 0.717) is 6.04 Å². The highest BCUT2D eigenvalue weighted by atomic mass is 15.3. The molecule has 0 aliphatic heterocycles. The van der Waals surface area contributed by atoms with Gasteiger partial charge in [-0.2, -0.15) is 5.10 Å². The molecule has 3 heteroatoms. The smallest absolute Gasteiger partial charge is 0.0651 e. The summed E-state index contributed by atoms with van der Waals surface area (Å²) in [5.41, 5.74) is 11.0. The molecule has 17 heavy (non-hydrogen) atoms. The van der Waals surface area contributed by atoms with Gasteiger partial charge in [0.15, 0.2) is 0 Å². The number of aromatic nitrogens is 2. The van der Waals surface area contributed by atoms with Crippen molar-refractivity contribution in [2.24, 2.45) is 5.73 Å². The minimum atomic E-state index is 0.303. The van der Waals surface area contributed by atoms with Crippen molar-refractivity contribution < 1.29 is 0 Å². The van der Waals surface area contributed by atoms with Crippen LogP contribution in [0.3, 0.4) is 0 Å². The summed E-state index contributed by atoms with van der Waals surface area (Å²) < 4.78 is 2.06. The molecule has 0 saturated carbocycles. The first kappa shape index (κ1) is 10.5. The van der Waals surface area contributed by atoms with Crippen LogP contribution in [-0.4, -0.2) is 15.8 Å². The fraction of sp³-hybridized carbons (Fsp3) is 0.357. The van der Waals surface area contributed by atoms with Crippen molar-refractivity contribution in [3.8, 4) is 5.69 Å². The summed E-state index contributed by atoms with van der Waals surface area (Å²) in [6.45, 7) is 2.11. The van der Waals surface area contributed by atoms with E-state index in [2.05, 4.69) is 41.0 Å². The van der Waals surface area contributed by atoms with E-state index in [1.165, 1.54) is 16.8 Å². The molecule has 1 aromatic heterocycles. The standard InChI is InChI=1S/C14H17N3/c1-10-3-2-4-13(7-10)17-14-6-5-12(15)8-11(14)9-16-17/h2-4,7,9,12H,5-6,8,15H2,1H3. The highest BCUT2D eigenvalue weighted by Crippen LogP contribution is 2.23. The van der Waals surface area contributed by atoms with Crippen LogP contribution in [0, 0.1) is 6.92 Å². The van der Waals surface area contributed by atoms with Gasteiger partial charge in [0.1, 0.15) is 0 Å². The predicted octanol–water partition coefficient (Wildman–Crippen LogP) is 2.00. The van der Waals surface area contributed by atoms with Crippen LogP contribution in [0.2, 0.25) is 0 Å². The number of hydrogen-bond acceptors (Lipinski definition) is 2. The third kappa shape index (κ3) is 1.87. The second-order valence-electron chi connectivity index (χ2n) is 4.87. The molecule has 3 nitrogen and oxygen atoms in total. The lowest BCUT2D eigenvalue weighted by molar-refractivity contribution is 0.562. The quantitative estimate of drug-likeness (QED) is 0.809. The Balaban J connectivity index is 2.05. The maximum Gasteiger partial charge on any atom is 0.0651 e. The molecular weight excluding hydrogens is 210 g/mol. The van der Waals surface area contributed by atoms with Gasteiger partial charge in [0.2, 0.25) is 0 Å². The molecule has 0 radical (unpaired) electrons. The Kier molecular flexibility index (Phi) is 2.48. The zero-order valence-corrected chi connectivity index (χ0v) is 10.1. The first-order valence-electron chi connectivity index (χ1n) is 6.12. The van der Waals surface area contributed by atoms with Gasteiger partial charge in [0, 0.05) is 11.7 Å². The topological polar surface area (TPSA) is 43.8 Å². The van der Waals surface area contributed by atoms with Crippen molar-refractivity contribution in [3.05, 3.63) is 47.3 Å². The molecule has 1 aliphatic carbocycles. The van der Waals surface area contributed by atoms with Gasteiger partial charge in [0.05, 0.1) is 11.9 Å². The average molecular weight is 227 g/mol. The lowest BCUT2D eigenvalue weighted by Gasteiger charge is -2.19. The Labute approximate surface area is 101 Å². The van der Waals surface area contributed by atoms with Crippen molar-refractivity contribution in [2.75, 3.05) is 0 Å². The van der Waals surface area contributed by atoms with Crippen molar-refractivity contribution in [1.29, 1.82) is 0 Å². The van der Waals surface area contributed by atoms with Crippen LogP contribution in [0.4, 0.5) is 0 Å². The van der Waals surface area contributed by atoms with Crippen LogP contribution in [0.1, 0.15) is 23.2 Å². The molecule has 2 N–H and O–H groups in total. The minimum Gasteiger partial charge on any atom is -0.327 e. The molecule has 0 amide bonds. The highest BCUT2D eigenvalue weighted by molar-refractivity contribution is 5.38. The van der Waals surface area contributed by atoms with E-state index in [1.54, 1.807) is 0 Å². The zero-order valence-electron chi connectivity index (χ0n) is 10.1. The summed E-state index contributed by atoms with van der Waals surface area (Å²) in [5.74, 6) is 0. The molecule has 2 aromatic rings. The van der Waals surface area contributed by atoms with Gasteiger partial charge >= 0.3 is 0 Å². The van der Waals surface area contributed by atoms with E-state index in [-0.39, 0.29) is 0 Å². The fourth-order valence-corrected chi connectivity index (χ4v) is 2.53. The zero-order chi connectivity index (χ0) is 11.8. The van der Waals surface area contributed by atoms with Gasteiger partial charge in [-0.1, -0.05) is 12.1 Å². The molecule has 1 aliphatic rings. The summed E-state index contributed by atoms with van der Waals surface area (Å²) in [6, 6.07) is 8.76. The second-order valence-corrected chi connectivity index (χ2v) is 4.87. The fourth-order valence-electron chi connectivity index (χ4n) is 2.53. The summed E-state index contributed by atoms with van der Waals surface area (Å²) in [5, 5.41) is 4.50. The van der Waals surface area contributed by atoms with Crippen LogP contribution in [0.25, 0.3) is 5.69 Å². The molecule has 0 bridgehead atoms. The Bertz CT molecular complexity index is 542. The van der Waals surface area contributed by atoms with Crippen LogP contribution >= 0.6 is 0 Å². The first-order valence-corrected chi connectivity index (χ1v) is 6.12. The van der Waals surface area contributed by atoms with Gasteiger partial charge in [-0.3, -0.25) is 0 Å². The predicted molar refractivity (Wildman–Crippen MR) is 68.3 cm³/mol. The Hall–Kier alpha value is -1.61. The molecule has 1 heterocycles. The Morgan fingerprint density at radius 2 is 2.29 bits per heavy atom. The maximum atomic E-state index is 5.98. The normalized spacial score (nSPS) is 19.1. The summed E-state index contributed by atoms with van der Waals surface area (Å²) in [6.07, 6.45) is 5.02.